The van der Waals surface area contributed by atoms with Crippen LogP contribution in [-0.2, 0) is 65.4 Å². The summed E-state index contributed by atoms with van der Waals surface area (Å²) in [6.07, 6.45) is 55.3. The van der Waals surface area contributed by atoms with Crippen LogP contribution >= 0.6 is 15.6 Å². The van der Waals surface area contributed by atoms with Gasteiger partial charge >= 0.3 is 39.5 Å². The molecule has 0 spiro atoms. The van der Waals surface area contributed by atoms with E-state index in [2.05, 4.69) is 48.5 Å². The predicted molar refractivity (Wildman–Crippen MR) is 395 cm³/mol. The number of phosphoric acid groups is 2. The third-order valence-electron chi connectivity index (χ3n) is 18.5. The van der Waals surface area contributed by atoms with Gasteiger partial charge in [0.05, 0.1) is 26.4 Å². The highest BCUT2D eigenvalue weighted by Crippen LogP contribution is 2.45. The summed E-state index contributed by atoms with van der Waals surface area (Å²) in [6, 6.07) is 0. The van der Waals surface area contributed by atoms with E-state index in [4.69, 9.17) is 37.0 Å². The van der Waals surface area contributed by atoms with Crippen LogP contribution in [0.5, 0.6) is 0 Å². The number of unbranched alkanes of at least 4 members (excludes halogenated alkanes) is 43. The molecule has 576 valence electrons. The fraction of sp³-hybridized carbons (Fsp3) is 0.949. The van der Waals surface area contributed by atoms with Crippen molar-refractivity contribution in [1.82, 2.24) is 0 Å². The van der Waals surface area contributed by atoms with Gasteiger partial charge in [0.2, 0.25) is 0 Å². The first kappa shape index (κ1) is 95.1. The van der Waals surface area contributed by atoms with E-state index in [-0.39, 0.29) is 25.7 Å². The molecule has 0 aliphatic heterocycles. The fourth-order valence-electron chi connectivity index (χ4n) is 11.9. The molecular weight excluding hydrogens is 1270 g/mol. The zero-order chi connectivity index (χ0) is 71.6. The molecule has 0 aromatic rings. The van der Waals surface area contributed by atoms with Crippen molar-refractivity contribution in [1.29, 1.82) is 0 Å². The van der Waals surface area contributed by atoms with Gasteiger partial charge in [-0.25, -0.2) is 9.13 Å². The van der Waals surface area contributed by atoms with Crippen molar-refractivity contribution in [3.8, 4) is 0 Å². The van der Waals surface area contributed by atoms with Crippen molar-refractivity contribution < 1.29 is 80.2 Å². The molecule has 3 unspecified atom stereocenters. The predicted octanol–water partition coefficient (Wildman–Crippen LogP) is 23.0. The third kappa shape index (κ3) is 70.9. The quantitative estimate of drug-likeness (QED) is 0.0222. The molecule has 0 bridgehead atoms. The summed E-state index contributed by atoms with van der Waals surface area (Å²) in [5.41, 5.74) is 0. The number of hydrogen-bond acceptors (Lipinski definition) is 15. The van der Waals surface area contributed by atoms with Crippen molar-refractivity contribution in [3.05, 3.63) is 0 Å². The Hall–Kier alpha value is -1.94. The zero-order valence-electron chi connectivity index (χ0n) is 63.5. The number of hydrogen-bond donors (Lipinski definition) is 3. The molecule has 0 fully saturated rings. The van der Waals surface area contributed by atoms with Crippen LogP contribution in [0.1, 0.15) is 402 Å². The lowest BCUT2D eigenvalue weighted by molar-refractivity contribution is -0.161. The molecule has 19 heteroatoms. The van der Waals surface area contributed by atoms with Gasteiger partial charge in [-0.1, -0.05) is 350 Å². The fourth-order valence-corrected chi connectivity index (χ4v) is 13.5. The van der Waals surface area contributed by atoms with Gasteiger partial charge in [0.15, 0.2) is 12.2 Å². The van der Waals surface area contributed by atoms with E-state index in [0.29, 0.717) is 25.7 Å². The Morgan fingerprint density at radius 1 is 0.299 bits per heavy atom. The van der Waals surface area contributed by atoms with Gasteiger partial charge in [0.1, 0.15) is 19.3 Å². The van der Waals surface area contributed by atoms with Crippen LogP contribution in [0.3, 0.4) is 0 Å². The molecule has 3 N–H and O–H groups in total. The second kappa shape index (κ2) is 68.5. The van der Waals surface area contributed by atoms with Gasteiger partial charge in [0, 0.05) is 25.7 Å². The summed E-state index contributed by atoms with van der Waals surface area (Å²) < 4.78 is 68.6. The molecule has 0 heterocycles. The highest BCUT2D eigenvalue weighted by Gasteiger charge is 2.30. The molecule has 0 saturated carbocycles. The minimum Gasteiger partial charge on any atom is -0.462 e. The van der Waals surface area contributed by atoms with Crippen LogP contribution in [0.25, 0.3) is 0 Å². The van der Waals surface area contributed by atoms with E-state index in [1.54, 1.807) is 0 Å². The molecule has 6 atom stereocenters. The molecule has 0 amide bonds. The molecular formula is C78H152O17P2. The van der Waals surface area contributed by atoms with E-state index >= 15 is 0 Å². The number of carbonyl (C=O) groups excluding carboxylic acids is 4. The number of phosphoric ester groups is 2. The number of esters is 4. The molecule has 97 heavy (non-hydrogen) atoms. The van der Waals surface area contributed by atoms with E-state index in [0.717, 1.165) is 108 Å². The average Bonchev–Trinajstić information content (AvgIpc) is 1.47. The summed E-state index contributed by atoms with van der Waals surface area (Å²) in [6.45, 7) is 12.0. The highest BCUT2D eigenvalue weighted by atomic mass is 31.2. The second-order valence-electron chi connectivity index (χ2n) is 29.3. The highest BCUT2D eigenvalue weighted by molar-refractivity contribution is 7.47. The summed E-state index contributed by atoms with van der Waals surface area (Å²) in [4.78, 5) is 72.9. The van der Waals surface area contributed by atoms with Gasteiger partial charge in [-0.2, -0.15) is 0 Å². The van der Waals surface area contributed by atoms with E-state index < -0.39 is 97.5 Å². The second-order valence-corrected chi connectivity index (χ2v) is 32.2. The average molecular weight is 1420 g/mol. The maximum absolute atomic E-state index is 13.1. The SMILES string of the molecule is CCCCCCCCCCCCCCCC(=O)O[C@H](COC(=O)CCCCCCCCCCCC(C)C)COP(=O)(O)OC[C@H](O)COP(=O)(O)OC[C@@H](COC(=O)CCCCCCCCCCCCCC(C)C)OC(=O)CCCCCCCCCCCCCCCCC(C)CC. The Morgan fingerprint density at radius 3 is 0.784 bits per heavy atom. The van der Waals surface area contributed by atoms with Crippen molar-refractivity contribution in [2.75, 3.05) is 39.6 Å². The third-order valence-corrected chi connectivity index (χ3v) is 20.4. The minimum atomic E-state index is -4.96. The first-order chi connectivity index (χ1) is 46.8. The maximum Gasteiger partial charge on any atom is 0.472 e. The molecule has 0 aliphatic rings. The standard InChI is InChI=1S/C78H152O17P2/c1-8-10-11-12-13-14-15-18-24-32-40-47-54-61-77(82)95-74(66-89-76(81)60-53-46-39-34-27-29-36-43-50-57-70(5)6)68-93-97(86,87)91-64-72(79)63-90-96(84,85)92-67-73(65-88-75(80)59-52-45-38-31-26-21-22-28-35-42-49-56-69(3)4)94-78(83)62-55-48-41-33-25-20-17-16-19-23-30-37-44-51-58-71(7)9-2/h69-74,79H,8-68H2,1-7H3,(H,84,85)(H,86,87)/t71?,72-,73-,74-/m1/s1. The Balaban J connectivity index is 5.26. The number of ether oxygens (including phenoxy) is 4. The summed E-state index contributed by atoms with van der Waals surface area (Å²) in [5, 5.41) is 10.6. The van der Waals surface area contributed by atoms with Crippen LogP contribution < -0.4 is 0 Å². The van der Waals surface area contributed by atoms with Crippen LogP contribution in [0.2, 0.25) is 0 Å². The van der Waals surface area contributed by atoms with Gasteiger partial charge in [-0.3, -0.25) is 37.3 Å². The largest absolute Gasteiger partial charge is 0.472 e. The Morgan fingerprint density at radius 2 is 0.526 bits per heavy atom. The van der Waals surface area contributed by atoms with Gasteiger partial charge in [-0.15, -0.1) is 0 Å². The van der Waals surface area contributed by atoms with Gasteiger partial charge in [-0.05, 0) is 43.4 Å². The van der Waals surface area contributed by atoms with Gasteiger partial charge < -0.3 is 33.8 Å². The lowest BCUT2D eigenvalue weighted by Gasteiger charge is -2.21. The molecule has 0 radical (unpaired) electrons. The van der Waals surface area contributed by atoms with Crippen molar-refractivity contribution >= 4 is 39.5 Å². The first-order valence-electron chi connectivity index (χ1n) is 40.4. The molecule has 0 rings (SSSR count). The maximum atomic E-state index is 13.1. The van der Waals surface area contributed by atoms with Crippen LogP contribution in [0.4, 0.5) is 0 Å². The first-order valence-corrected chi connectivity index (χ1v) is 43.4. The molecule has 0 aromatic heterocycles. The van der Waals surface area contributed by atoms with E-state index in [1.807, 2.05) is 0 Å². The molecule has 17 nitrogen and oxygen atoms in total. The number of aliphatic hydroxyl groups excluding tert-OH is 1. The lowest BCUT2D eigenvalue weighted by Crippen LogP contribution is -2.30. The normalized spacial score (nSPS) is 14.3. The number of carbonyl (C=O) groups is 4. The minimum absolute atomic E-state index is 0.107. The number of rotatable bonds is 76. The smallest absolute Gasteiger partial charge is 0.462 e. The monoisotopic (exact) mass is 1420 g/mol. The summed E-state index contributed by atoms with van der Waals surface area (Å²) in [5.74, 6) is 0.248. The van der Waals surface area contributed by atoms with Crippen LogP contribution in [0, 0.1) is 17.8 Å². The van der Waals surface area contributed by atoms with Crippen LogP contribution in [0.15, 0.2) is 0 Å². The summed E-state index contributed by atoms with van der Waals surface area (Å²) >= 11 is 0. The lowest BCUT2D eigenvalue weighted by atomic mass is 9.99. The van der Waals surface area contributed by atoms with E-state index in [9.17, 15) is 43.2 Å². The zero-order valence-corrected chi connectivity index (χ0v) is 65.3. The Bertz CT molecular complexity index is 1890. The molecule has 0 aromatic carbocycles. The van der Waals surface area contributed by atoms with Crippen molar-refractivity contribution in [3.63, 3.8) is 0 Å². The van der Waals surface area contributed by atoms with Gasteiger partial charge in [0.25, 0.3) is 0 Å². The molecule has 0 aliphatic carbocycles. The summed E-state index contributed by atoms with van der Waals surface area (Å²) in [7, 11) is -9.92. The van der Waals surface area contributed by atoms with Crippen LogP contribution in [-0.4, -0.2) is 96.7 Å². The van der Waals surface area contributed by atoms with Crippen molar-refractivity contribution in [2.45, 2.75) is 420 Å². The van der Waals surface area contributed by atoms with E-state index in [1.165, 1.54) is 212 Å². The Kier molecular flexibility index (Phi) is 67.1. The number of aliphatic hydroxyl groups is 1. The topological polar surface area (TPSA) is 237 Å². The molecule has 0 saturated heterocycles. The van der Waals surface area contributed by atoms with Crippen molar-refractivity contribution in [2.24, 2.45) is 17.8 Å². The Labute approximate surface area is 594 Å².